The molecule has 1 aliphatic rings. The van der Waals surface area contributed by atoms with Crippen LogP contribution in [0.15, 0.2) is 0 Å². The normalized spacial score (nSPS) is 39.0. The lowest BCUT2D eigenvalue weighted by molar-refractivity contribution is -0.120. The average molecular weight is 130 g/mol. The highest BCUT2D eigenvalue weighted by Gasteiger charge is 2.19. The third-order valence-electron chi connectivity index (χ3n) is 1.67. The molecule has 0 aromatic heterocycles. The first kappa shape index (κ1) is 6.99. The molecule has 0 radical (unpaired) electrons. The number of piperidine rings is 1. The highest BCUT2D eigenvalue weighted by molar-refractivity contribution is 4.74. The van der Waals surface area contributed by atoms with Crippen molar-refractivity contribution >= 4 is 0 Å². The molecule has 1 fully saturated rings. The van der Waals surface area contributed by atoms with Crippen LogP contribution in [-0.4, -0.2) is 29.4 Å². The van der Waals surface area contributed by atoms with Crippen molar-refractivity contribution in [3.05, 3.63) is 0 Å². The first-order valence-electron chi connectivity index (χ1n) is 3.38. The van der Waals surface area contributed by atoms with Crippen LogP contribution in [-0.2, 0) is 0 Å². The van der Waals surface area contributed by atoms with Crippen LogP contribution in [0.5, 0.6) is 0 Å². The van der Waals surface area contributed by atoms with Crippen molar-refractivity contribution in [1.29, 1.82) is 0 Å². The summed E-state index contributed by atoms with van der Waals surface area (Å²) in [6.07, 6.45) is 1.04. The molecule has 54 valence electrons. The van der Waals surface area contributed by atoms with E-state index in [0.717, 1.165) is 13.0 Å². The fourth-order valence-corrected chi connectivity index (χ4v) is 1.37. The molecule has 0 spiro atoms. The fourth-order valence-electron chi connectivity index (χ4n) is 1.37. The molecule has 3 N–H and O–H groups in total. The van der Waals surface area contributed by atoms with Crippen molar-refractivity contribution in [2.24, 2.45) is 11.7 Å². The van der Waals surface area contributed by atoms with Gasteiger partial charge in [-0.2, -0.15) is 5.06 Å². The van der Waals surface area contributed by atoms with Crippen molar-refractivity contribution in [3.8, 4) is 0 Å². The lowest BCUT2D eigenvalue weighted by Crippen LogP contribution is -2.44. The monoisotopic (exact) mass is 130 g/mol. The van der Waals surface area contributed by atoms with Gasteiger partial charge in [-0.05, 0) is 12.3 Å². The van der Waals surface area contributed by atoms with Crippen LogP contribution in [0, 0.1) is 5.92 Å². The molecule has 3 heteroatoms. The Labute approximate surface area is 55.4 Å². The number of nitrogens with zero attached hydrogens (tertiary/aromatic N) is 1. The van der Waals surface area contributed by atoms with E-state index in [9.17, 15) is 0 Å². The maximum absolute atomic E-state index is 9.00. The van der Waals surface area contributed by atoms with Crippen molar-refractivity contribution in [1.82, 2.24) is 5.06 Å². The van der Waals surface area contributed by atoms with Crippen LogP contribution in [0.2, 0.25) is 0 Å². The summed E-state index contributed by atoms with van der Waals surface area (Å²) in [4.78, 5) is 0. The summed E-state index contributed by atoms with van der Waals surface area (Å²) in [7, 11) is 0. The van der Waals surface area contributed by atoms with Crippen LogP contribution in [0.25, 0.3) is 0 Å². The van der Waals surface area contributed by atoms with Gasteiger partial charge in [-0.3, -0.25) is 0 Å². The number of rotatable bonds is 0. The summed E-state index contributed by atoms with van der Waals surface area (Å²) in [6, 6.07) is 0.166. The molecule has 0 aromatic rings. The third kappa shape index (κ3) is 1.93. The molecule has 9 heavy (non-hydrogen) atoms. The first-order valence-corrected chi connectivity index (χ1v) is 3.38. The van der Waals surface area contributed by atoms with Gasteiger partial charge >= 0.3 is 0 Å². The van der Waals surface area contributed by atoms with E-state index in [1.54, 1.807) is 0 Å². The Bertz CT molecular complexity index is 72.0. The maximum Gasteiger partial charge on any atom is 0.0390 e. The van der Waals surface area contributed by atoms with Gasteiger partial charge in [-0.25, -0.2) is 0 Å². The second kappa shape index (κ2) is 2.64. The summed E-state index contributed by atoms with van der Waals surface area (Å²) in [6.45, 7) is 3.50. The van der Waals surface area contributed by atoms with Gasteiger partial charge in [0.15, 0.2) is 0 Å². The molecule has 0 bridgehead atoms. The Morgan fingerprint density at radius 1 is 1.56 bits per heavy atom. The molecule has 0 aromatic carbocycles. The molecule has 0 aliphatic carbocycles. The quantitative estimate of drug-likeness (QED) is 0.487. The topological polar surface area (TPSA) is 49.5 Å². The number of hydrogen-bond donors (Lipinski definition) is 2. The number of hydroxylamine groups is 2. The van der Waals surface area contributed by atoms with Gasteiger partial charge < -0.3 is 10.9 Å². The molecule has 2 atom stereocenters. The van der Waals surface area contributed by atoms with Crippen molar-refractivity contribution in [3.63, 3.8) is 0 Å². The van der Waals surface area contributed by atoms with Crippen molar-refractivity contribution in [2.75, 3.05) is 13.1 Å². The van der Waals surface area contributed by atoms with Gasteiger partial charge in [0.2, 0.25) is 0 Å². The van der Waals surface area contributed by atoms with Crippen LogP contribution in [0.4, 0.5) is 0 Å². The fraction of sp³-hybridized carbons (Fsp3) is 1.00. The van der Waals surface area contributed by atoms with E-state index < -0.39 is 0 Å². The molecule has 1 heterocycles. The zero-order chi connectivity index (χ0) is 6.85. The van der Waals surface area contributed by atoms with E-state index in [4.69, 9.17) is 10.9 Å². The van der Waals surface area contributed by atoms with Crippen LogP contribution < -0.4 is 5.73 Å². The largest absolute Gasteiger partial charge is 0.326 e. The highest BCUT2D eigenvalue weighted by atomic mass is 16.5. The number of hydrogen-bond acceptors (Lipinski definition) is 3. The minimum Gasteiger partial charge on any atom is -0.326 e. The predicted octanol–water partition coefficient (Wildman–Crippen LogP) is 0.0447. The van der Waals surface area contributed by atoms with Gasteiger partial charge in [-0.1, -0.05) is 6.92 Å². The summed E-state index contributed by atoms with van der Waals surface area (Å²) in [5, 5.41) is 10.3. The Morgan fingerprint density at radius 3 is 2.67 bits per heavy atom. The Kier molecular flexibility index (Phi) is 2.05. The van der Waals surface area contributed by atoms with Gasteiger partial charge in [0.1, 0.15) is 0 Å². The van der Waals surface area contributed by atoms with E-state index >= 15 is 0 Å². The van der Waals surface area contributed by atoms with E-state index in [1.165, 1.54) is 5.06 Å². The first-order chi connectivity index (χ1) is 4.18. The summed E-state index contributed by atoms with van der Waals surface area (Å²) >= 11 is 0. The van der Waals surface area contributed by atoms with Gasteiger partial charge in [0.05, 0.1) is 0 Å². The minimum atomic E-state index is 0.166. The van der Waals surface area contributed by atoms with Crippen molar-refractivity contribution in [2.45, 2.75) is 19.4 Å². The molecular weight excluding hydrogens is 116 g/mol. The van der Waals surface area contributed by atoms with Crippen molar-refractivity contribution < 1.29 is 5.21 Å². The molecular formula is C6H14N2O. The molecule has 1 aliphatic heterocycles. The highest BCUT2D eigenvalue weighted by Crippen LogP contribution is 2.12. The number of nitrogens with two attached hydrogens (primary N) is 1. The Hall–Kier alpha value is -0.120. The molecule has 0 saturated carbocycles. The smallest absolute Gasteiger partial charge is 0.0390 e. The van der Waals surface area contributed by atoms with Crippen LogP contribution in [0.1, 0.15) is 13.3 Å². The molecule has 1 saturated heterocycles. The summed E-state index contributed by atoms with van der Waals surface area (Å²) in [5.74, 6) is 0.541. The Balaban J connectivity index is 2.34. The molecule has 3 nitrogen and oxygen atoms in total. The van der Waals surface area contributed by atoms with E-state index in [2.05, 4.69) is 6.92 Å². The zero-order valence-corrected chi connectivity index (χ0v) is 5.75. The SMILES string of the molecule is CC1CC(N)CN(O)C1. The van der Waals surface area contributed by atoms with Gasteiger partial charge in [0, 0.05) is 19.1 Å². The summed E-state index contributed by atoms with van der Waals surface area (Å²) < 4.78 is 0. The molecule has 1 rings (SSSR count). The van der Waals surface area contributed by atoms with E-state index in [1.807, 2.05) is 0 Å². The second-order valence-corrected chi connectivity index (χ2v) is 2.97. The minimum absolute atomic E-state index is 0.166. The molecule has 0 amide bonds. The lowest BCUT2D eigenvalue weighted by Gasteiger charge is -2.29. The third-order valence-corrected chi connectivity index (χ3v) is 1.67. The van der Waals surface area contributed by atoms with Crippen LogP contribution >= 0.6 is 0 Å². The van der Waals surface area contributed by atoms with E-state index in [-0.39, 0.29) is 6.04 Å². The van der Waals surface area contributed by atoms with Crippen LogP contribution in [0.3, 0.4) is 0 Å². The average Bonchev–Trinajstić information content (AvgIpc) is 1.59. The van der Waals surface area contributed by atoms with Gasteiger partial charge in [-0.15, -0.1) is 0 Å². The van der Waals surface area contributed by atoms with Gasteiger partial charge in [0.25, 0.3) is 0 Å². The lowest BCUT2D eigenvalue weighted by atomic mass is 9.98. The summed E-state index contributed by atoms with van der Waals surface area (Å²) in [5.41, 5.74) is 5.61. The standard InChI is InChI=1S/C6H14N2O/c1-5-2-6(7)4-8(9)3-5/h5-6,9H,2-4,7H2,1H3. The Morgan fingerprint density at radius 2 is 2.22 bits per heavy atom. The second-order valence-electron chi connectivity index (χ2n) is 2.97. The predicted molar refractivity (Wildman–Crippen MR) is 35.1 cm³/mol. The molecule has 2 unspecified atom stereocenters. The van der Waals surface area contributed by atoms with E-state index in [0.29, 0.717) is 12.5 Å². The zero-order valence-electron chi connectivity index (χ0n) is 5.75. The maximum atomic E-state index is 9.00.